The van der Waals surface area contributed by atoms with Gasteiger partial charge in [0.2, 0.25) is 0 Å². The van der Waals surface area contributed by atoms with Gasteiger partial charge in [-0.05, 0) is 34.1 Å². The molecule has 0 atom stereocenters. The van der Waals surface area contributed by atoms with Crippen molar-refractivity contribution in [1.29, 1.82) is 0 Å². The third-order valence-electron chi connectivity index (χ3n) is 1.75. The molecule has 1 aromatic carbocycles. The van der Waals surface area contributed by atoms with E-state index in [9.17, 15) is 13.2 Å². The fourth-order valence-corrected chi connectivity index (χ4v) is 1.47. The van der Waals surface area contributed by atoms with E-state index in [2.05, 4.69) is 21.1 Å². The number of fused-ring (bicyclic) bond motifs is 1. The van der Waals surface area contributed by atoms with Crippen LogP contribution in [0.15, 0.2) is 27.3 Å². The van der Waals surface area contributed by atoms with Crippen LogP contribution in [0.5, 0.6) is 0 Å². The first-order valence-corrected chi connectivity index (χ1v) is 4.40. The number of nitrogens with zero attached hydrogens (tertiary/aromatic N) is 1. The maximum Gasteiger partial charge on any atom is 0.416 e. The Labute approximate surface area is 84.8 Å². The van der Waals surface area contributed by atoms with E-state index in [1.54, 1.807) is 0 Å². The molecule has 0 unspecified atom stereocenters. The second-order valence-electron chi connectivity index (χ2n) is 2.68. The highest BCUT2D eigenvalue weighted by atomic mass is 79.9. The van der Waals surface area contributed by atoms with Crippen LogP contribution in [0, 0.1) is 0 Å². The number of benzene rings is 1. The monoisotopic (exact) mass is 265 g/mol. The molecule has 0 radical (unpaired) electrons. The Kier molecular flexibility index (Phi) is 2.02. The molecule has 1 heterocycles. The van der Waals surface area contributed by atoms with Gasteiger partial charge in [-0.25, -0.2) is 0 Å². The van der Waals surface area contributed by atoms with Crippen molar-refractivity contribution in [3.05, 3.63) is 28.4 Å². The van der Waals surface area contributed by atoms with Gasteiger partial charge in [0.25, 0.3) is 0 Å². The lowest BCUT2D eigenvalue weighted by Gasteiger charge is -2.04. The predicted molar refractivity (Wildman–Crippen MR) is 46.7 cm³/mol. The van der Waals surface area contributed by atoms with Crippen LogP contribution in [-0.2, 0) is 6.18 Å². The van der Waals surface area contributed by atoms with Crippen molar-refractivity contribution in [2.24, 2.45) is 0 Å². The van der Waals surface area contributed by atoms with E-state index in [-0.39, 0.29) is 4.60 Å². The van der Waals surface area contributed by atoms with Crippen molar-refractivity contribution < 1.29 is 17.7 Å². The summed E-state index contributed by atoms with van der Waals surface area (Å²) in [6.07, 6.45) is -4.34. The summed E-state index contributed by atoms with van der Waals surface area (Å²) < 4.78 is 41.9. The molecule has 2 aromatic rings. The molecule has 0 aliphatic rings. The Morgan fingerprint density at radius 1 is 1.29 bits per heavy atom. The Morgan fingerprint density at radius 3 is 2.64 bits per heavy atom. The van der Waals surface area contributed by atoms with Crippen molar-refractivity contribution >= 4 is 26.9 Å². The summed E-state index contributed by atoms with van der Waals surface area (Å²) in [7, 11) is 0. The van der Waals surface area contributed by atoms with Crippen LogP contribution < -0.4 is 0 Å². The lowest BCUT2D eigenvalue weighted by atomic mass is 10.1. The van der Waals surface area contributed by atoms with Gasteiger partial charge >= 0.3 is 6.18 Å². The average molecular weight is 266 g/mol. The number of alkyl halides is 3. The fourth-order valence-electron chi connectivity index (χ4n) is 1.09. The molecular weight excluding hydrogens is 263 g/mol. The molecule has 1 aromatic heterocycles. The summed E-state index contributed by atoms with van der Waals surface area (Å²) in [4.78, 5) is 0. The summed E-state index contributed by atoms with van der Waals surface area (Å²) in [6.45, 7) is 0. The lowest BCUT2D eigenvalue weighted by molar-refractivity contribution is -0.137. The van der Waals surface area contributed by atoms with Crippen LogP contribution in [0.2, 0.25) is 0 Å². The van der Waals surface area contributed by atoms with Gasteiger partial charge in [-0.3, -0.25) is 0 Å². The standard InChI is InChI=1S/C8H3BrF3NO/c9-7-5-3-4(8(10,11)12)1-2-6(5)14-13-7/h1-3H. The van der Waals surface area contributed by atoms with Crippen molar-refractivity contribution in [3.8, 4) is 0 Å². The first-order valence-electron chi connectivity index (χ1n) is 3.60. The molecule has 0 saturated carbocycles. The van der Waals surface area contributed by atoms with Crippen LogP contribution in [-0.4, -0.2) is 5.16 Å². The third kappa shape index (κ3) is 1.50. The third-order valence-corrected chi connectivity index (χ3v) is 2.33. The van der Waals surface area contributed by atoms with Gasteiger partial charge in [-0.2, -0.15) is 13.2 Å². The molecule has 74 valence electrons. The van der Waals surface area contributed by atoms with Crippen LogP contribution in [0.4, 0.5) is 13.2 Å². The largest absolute Gasteiger partial charge is 0.416 e. The van der Waals surface area contributed by atoms with Crippen molar-refractivity contribution in [1.82, 2.24) is 5.16 Å². The second-order valence-corrected chi connectivity index (χ2v) is 3.43. The highest BCUT2D eigenvalue weighted by Gasteiger charge is 2.31. The summed E-state index contributed by atoms with van der Waals surface area (Å²) in [5, 5.41) is 3.81. The molecule has 0 saturated heterocycles. The van der Waals surface area contributed by atoms with Crippen LogP contribution in [0.1, 0.15) is 5.56 Å². The molecule has 0 aliphatic carbocycles. The van der Waals surface area contributed by atoms with E-state index in [4.69, 9.17) is 4.52 Å². The predicted octanol–water partition coefficient (Wildman–Crippen LogP) is 3.61. The molecule has 0 amide bonds. The zero-order valence-electron chi connectivity index (χ0n) is 6.60. The van der Waals surface area contributed by atoms with Crippen LogP contribution in [0.25, 0.3) is 11.0 Å². The fraction of sp³-hybridized carbons (Fsp3) is 0.125. The first kappa shape index (κ1) is 9.51. The van der Waals surface area contributed by atoms with Crippen LogP contribution >= 0.6 is 15.9 Å². The van der Waals surface area contributed by atoms with Crippen molar-refractivity contribution in [3.63, 3.8) is 0 Å². The normalized spacial score (nSPS) is 12.3. The quantitative estimate of drug-likeness (QED) is 0.728. The minimum Gasteiger partial charge on any atom is -0.355 e. The minimum atomic E-state index is -4.34. The van der Waals surface area contributed by atoms with Gasteiger partial charge in [0, 0.05) is 0 Å². The zero-order valence-corrected chi connectivity index (χ0v) is 8.19. The minimum absolute atomic E-state index is 0.276. The summed E-state index contributed by atoms with van der Waals surface area (Å²) in [6, 6.07) is 3.20. The smallest absolute Gasteiger partial charge is 0.355 e. The Balaban J connectivity index is 2.66. The van der Waals surface area contributed by atoms with E-state index in [1.165, 1.54) is 6.07 Å². The number of hydrogen-bond donors (Lipinski definition) is 0. The lowest BCUT2D eigenvalue weighted by Crippen LogP contribution is -2.03. The molecule has 0 bridgehead atoms. The van der Waals surface area contributed by atoms with E-state index >= 15 is 0 Å². The van der Waals surface area contributed by atoms with Gasteiger partial charge in [0.1, 0.15) is 0 Å². The summed E-state index contributed by atoms with van der Waals surface area (Å²) in [5.74, 6) is 0. The number of rotatable bonds is 0. The van der Waals surface area contributed by atoms with Gasteiger partial charge in [-0.1, -0.05) is 5.16 Å². The average Bonchev–Trinajstić information content (AvgIpc) is 2.46. The van der Waals surface area contributed by atoms with Gasteiger partial charge in [-0.15, -0.1) is 0 Å². The van der Waals surface area contributed by atoms with Gasteiger partial charge < -0.3 is 4.52 Å². The molecule has 2 nitrogen and oxygen atoms in total. The van der Waals surface area contributed by atoms with Crippen molar-refractivity contribution in [2.45, 2.75) is 6.18 Å². The first-order chi connectivity index (χ1) is 6.48. The molecular formula is C8H3BrF3NO. The Bertz CT molecular complexity index is 477. The van der Waals surface area contributed by atoms with E-state index < -0.39 is 11.7 Å². The maximum atomic E-state index is 12.3. The molecule has 6 heteroatoms. The molecule has 0 fully saturated rings. The molecule has 2 rings (SSSR count). The molecule has 14 heavy (non-hydrogen) atoms. The SMILES string of the molecule is FC(F)(F)c1ccc2onc(Br)c2c1. The highest BCUT2D eigenvalue weighted by Crippen LogP contribution is 2.33. The van der Waals surface area contributed by atoms with Crippen LogP contribution in [0.3, 0.4) is 0 Å². The second kappa shape index (κ2) is 2.98. The Morgan fingerprint density at radius 2 is 2.00 bits per heavy atom. The van der Waals surface area contributed by atoms with E-state index in [0.29, 0.717) is 11.0 Å². The zero-order chi connectivity index (χ0) is 10.3. The van der Waals surface area contributed by atoms with E-state index in [0.717, 1.165) is 12.1 Å². The van der Waals surface area contributed by atoms with Gasteiger partial charge in [0.15, 0.2) is 10.2 Å². The Hall–Kier alpha value is -1.04. The summed E-state index contributed by atoms with van der Waals surface area (Å²) >= 11 is 3.00. The number of aromatic nitrogens is 1. The summed E-state index contributed by atoms with van der Waals surface area (Å²) in [5.41, 5.74) is -0.390. The topological polar surface area (TPSA) is 26.0 Å². The van der Waals surface area contributed by atoms with Crippen molar-refractivity contribution in [2.75, 3.05) is 0 Å². The molecule has 0 N–H and O–H groups in total. The highest BCUT2D eigenvalue weighted by molar-refractivity contribution is 9.10. The number of hydrogen-bond acceptors (Lipinski definition) is 2. The number of halogens is 4. The molecule has 0 aliphatic heterocycles. The molecule has 0 spiro atoms. The van der Waals surface area contributed by atoms with Gasteiger partial charge in [0.05, 0.1) is 10.9 Å². The van der Waals surface area contributed by atoms with E-state index in [1.807, 2.05) is 0 Å². The maximum absolute atomic E-state index is 12.3.